The van der Waals surface area contributed by atoms with Crippen molar-refractivity contribution < 1.29 is 9.53 Å². The third-order valence-corrected chi connectivity index (χ3v) is 6.17. The molecule has 1 fully saturated rings. The molecule has 0 aliphatic carbocycles. The summed E-state index contributed by atoms with van der Waals surface area (Å²) in [6, 6.07) is 8.70. The highest BCUT2D eigenvalue weighted by molar-refractivity contribution is 7.10. The van der Waals surface area contributed by atoms with Crippen molar-refractivity contribution in [2.45, 2.75) is 25.3 Å². The second-order valence-electron chi connectivity index (χ2n) is 5.92. The summed E-state index contributed by atoms with van der Waals surface area (Å²) in [7, 11) is 0. The number of ether oxygens (including phenoxy) is 1. The molecule has 4 nitrogen and oxygen atoms in total. The first-order valence-corrected chi connectivity index (χ1v) is 10.2. The van der Waals surface area contributed by atoms with E-state index in [2.05, 4.69) is 45.2 Å². The summed E-state index contributed by atoms with van der Waals surface area (Å²) >= 11 is 3.52. The van der Waals surface area contributed by atoms with Crippen molar-refractivity contribution >= 4 is 28.6 Å². The molecule has 1 aliphatic rings. The van der Waals surface area contributed by atoms with Crippen LogP contribution in [0.5, 0.6) is 0 Å². The largest absolute Gasteiger partial charge is 0.379 e. The van der Waals surface area contributed by atoms with Crippen molar-refractivity contribution in [3.05, 3.63) is 44.8 Å². The second kappa shape index (κ2) is 9.32. The maximum absolute atomic E-state index is 12.2. The quantitative estimate of drug-likeness (QED) is 0.781. The van der Waals surface area contributed by atoms with Gasteiger partial charge in [0.25, 0.3) is 0 Å². The van der Waals surface area contributed by atoms with Crippen LogP contribution in [0.25, 0.3) is 0 Å². The summed E-state index contributed by atoms with van der Waals surface area (Å²) in [6.45, 7) is 4.08. The van der Waals surface area contributed by atoms with Crippen molar-refractivity contribution in [2.24, 2.45) is 0 Å². The van der Waals surface area contributed by atoms with Crippen LogP contribution in [-0.4, -0.2) is 43.7 Å². The molecule has 0 radical (unpaired) electrons. The van der Waals surface area contributed by atoms with Gasteiger partial charge in [-0.1, -0.05) is 12.1 Å². The van der Waals surface area contributed by atoms with Gasteiger partial charge in [-0.25, -0.2) is 0 Å². The highest BCUT2D eigenvalue weighted by Gasteiger charge is 2.23. The van der Waals surface area contributed by atoms with Gasteiger partial charge in [0.1, 0.15) is 0 Å². The van der Waals surface area contributed by atoms with Crippen LogP contribution in [0, 0.1) is 0 Å². The van der Waals surface area contributed by atoms with Crippen LogP contribution in [0.1, 0.15) is 28.6 Å². The molecule has 3 rings (SSSR count). The monoisotopic (exact) mass is 364 g/mol. The first-order chi connectivity index (χ1) is 11.8. The summed E-state index contributed by atoms with van der Waals surface area (Å²) in [5.74, 6) is 0.154. The number of hydrogen-bond acceptors (Lipinski definition) is 5. The van der Waals surface area contributed by atoms with Gasteiger partial charge >= 0.3 is 0 Å². The lowest BCUT2D eigenvalue weighted by Gasteiger charge is -2.34. The number of rotatable bonds is 8. The molecule has 1 saturated heterocycles. The fourth-order valence-electron chi connectivity index (χ4n) is 2.96. The van der Waals surface area contributed by atoms with Crippen molar-refractivity contribution in [3.63, 3.8) is 0 Å². The Labute approximate surface area is 151 Å². The Balaban J connectivity index is 1.46. The van der Waals surface area contributed by atoms with Crippen molar-refractivity contribution in [3.8, 4) is 0 Å². The van der Waals surface area contributed by atoms with Crippen LogP contribution in [0.15, 0.2) is 35.0 Å². The SMILES string of the molecule is O=C(CCCc1cccs1)NCC(c1cccs1)N1CCOCC1. The van der Waals surface area contributed by atoms with Gasteiger partial charge in [0, 0.05) is 35.8 Å². The average molecular weight is 365 g/mol. The topological polar surface area (TPSA) is 41.6 Å². The first-order valence-electron chi connectivity index (χ1n) is 8.47. The summed E-state index contributed by atoms with van der Waals surface area (Å²) < 4.78 is 5.46. The van der Waals surface area contributed by atoms with E-state index >= 15 is 0 Å². The number of hydrogen-bond donors (Lipinski definition) is 1. The Morgan fingerprint density at radius 1 is 1.21 bits per heavy atom. The molecule has 2 aromatic heterocycles. The highest BCUT2D eigenvalue weighted by Crippen LogP contribution is 2.25. The Kier molecular flexibility index (Phi) is 6.84. The zero-order chi connectivity index (χ0) is 16.6. The van der Waals surface area contributed by atoms with Crippen molar-refractivity contribution in [2.75, 3.05) is 32.8 Å². The van der Waals surface area contributed by atoms with Gasteiger partial charge in [0.15, 0.2) is 0 Å². The minimum absolute atomic E-state index is 0.154. The standard InChI is InChI=1S/C18H24N2O2S2/c21-18(7-1-4-15-5-2-12-23-15)19-14-16(17-6-3-13-24-17)20-8-10-22-11-9-20/h2-3,5-6,12-13,16H,1,4,7-11,14H2,(H,19,21). The van der Waals surface area contributed by atoms with E-state index in [-0.39, 0.29) is 11.9 Å². The third kappa shape index (κ3) is 5.14. The maximum Gasteiger partial charge on any atom is 0.220 e. The van der Waals surface area contributed by atoms with Crippen LogP contribution >= 0.6 is 22.7 Å². The van der Waals surface area contributed by atoms with Gasteiger partial charge in [-0.05, 0) is 35.7 Å². The molecule has 1 aliphatic heterocycles. The molecular weight excluding hydrogens is 340 g/mol. The molecule has 6 heteroatoms. The molecule has 0 spiro atoms. The van der Waals surface area contributed by atoms with Gasteiger partial charge in [0.2, 0.25) is 5.91 Å². The van der Waals surface area contributed by atoms with Crippen LogP contribution in [0.2, 0.25) is 0 Å². The van der Waals surface area contributed by atoms with Crippen molar-refractivity contribution in [1.82, 2.24) is 10.2 Å². The Morgan fingerprint density at radius 2 is 2.00 bits per heavy atom. The zero-order valence-corrected chi connectivity index (χ0v) is 15.4. The van der Waals surface area contributed by atoms with Crippen molar-refractivity contribution in [1.29, 1.82) is 0 Å². The molecule has 3 heterocycles. The molecule has 1 amide bonds. The number of nitrogens with one attached hydrogen (secondary N) is 1. The summed E-state index contributed by atoms with van der Waals surface area (Å²) in [6.07, 6.45) is 2.49. The molecule has 130 valence electrons. The molecule has 1 N–H and O–H groups in total. The minimum atomic E-state index is 0.154. The van der Waals surface area contributed by atoms with Crippen LogP contribution in [0.3, 0.4) is 0 Å². The average Bonchev–Trinajstić information content (AvgIpc) is 3.30. The van der Waals surface area contributed by atoms with E-state index in [1.807, 2.05) is 0 Å². The molecule has 2 aromatic rings. The summed E-state index contributed by atoms with van der Waals surface area (Å²) in [4.78, 5) is 17.3. The van der Waals surface area contributed by atoms with Gasteiger partial charge in [-0.15, -0.1) is 22.7 Å². The third-order valence-electron chi connectivity index (χ3n) is 4.26. The smallest absolute Gasteiger partial charge is 0.220 e. The van der Waals surface area contributed by atoms with Gasteiger partial charge in [-0.2, -0.15) is 0 Å². The Morgan fingerprint density at radius 3 is 2.71 bits per heavy atom. The molecule has 0 saturated carbocycles. The number of nitrogens with zero attached hydrogens (tertiary/aromatic N) is 1. The molecule has 24 heavy (non-hydrogen) atoms. The zero-order valence-electron chi connectivity index (χ0n) is 13.8. The molecule has 1 atom stereocenters. The normalized spacial score (nSPS) is 16.8. The summed E-state index contributed by atoms with van der Waals surface area (Å²) in [5, 5.41) is 7.33. The fraction of sp³-hybridized carbons (Fsp3) is 0.500. The lowest BCUT2D eigenvalue weighted by atomic mass is 10.1. The lowest BCUT2D eigenvalue weighted by molar-refractivity contribution is -0.121. The van der Waals surface area contributed by atoms with E-state index < -0.39 is 0 Å². The number of carbonyl (C=O) groups is 1. The fourth-order valence-corrected chi connectivity index (χ4v) is 4.57. The molecule has 0 bridgehead atoms. The van der Waals surface area contributed by atoms with E-state index in [1.165, 1.54) is 9.75 Å². The van der Waals surface area contributed by atoms with E-state index in [1.54, 1.807) is 22.7 Å². The van der Waals surface area contributed by atoms with Gasteiger partial charge in [-0.3, -0.25) is 9.69 Å². The van der Waals surface area contributed by atoms with Crippen LogP contribution in [-0.2, 0) is 16.0 Å². The predicted molar refractivity (Wildman–Crippen MR) is 99.7 cm³/mol. The summed E-state index contributed by atoms with van der Waals surface area (Å²) in [5.41, 5.74) is 0. The van der Waals surface area contributed by atoms with Gasteiger partial charge in [0.05, 0.1) is 19.3 Å². The number of aryl methyl sites for hydroxylation is 1. The number of amides is 1. The Hall–Kier alpha value is -1.21. The minimum Gasteiger partial charge on any atom is -0.379 e. The first kappa shape index (κ1) is 17.6. The van der Waals surface area contributed by atoms with E-state index in [9.17, 15) is 4.79 Å². The maximum atomic E-state index is 12.2. The molecule has 0 aromatic carbocycles. The van der Waals surface area contributed by atoms with Gasteiger partial charge < -0.3 is 10.1 Å². The predicted octanol–water partition coefficient (Wildman–Crippen LogP) is 3.32. The lowest BCUT2D eigenvalue weighted by Crippen LogP contribution is -2.43. The van der Waals surface area contributed by atoms with E-state index in [0.717, 1.165) is 39.1 Å². The highest BCUT2D eigenvalue weighted by atomic mass is 32.1. The van der Waals surface area contributed by atoms with E-state index in [0.29, 0.717) is 13.0 Å². The molecule has 1 unspecified atom stereocenters. The van der Waals surface area contributed by atoms with Crippen LogP contribution in [0.4, 0.5) is 0 Å². The van der Waals surface area contributed by atoms with E-state index in [4.69, 9.17) is 4.74 Å². The number of thiophene rings is 2. The van der Waals surface area contributed by atoms with Crippen LogP contribution < -0.4 is 5.32 Å². The Bertz CT molecular complexity index is 593. The molecular formula is C18H24N2O2S2. The number of morpholine rings is 1. The number of carbonyl (C=O) groups excluding carboxylic acids is 1. The second-order valence-corrected chi connectivity index (χ2v) is 7.93.